The van der Waals surface area contributed by atoms with E-state index in [1.807, 2.05) is 6.07 Å². The molecule has 0 aromatic heterocycles. The molecule has 1 saturated carbocycles. The fourth-order valence-corrected chi connectivity index (χ4v) is 5.90. The first kappa shape index (κ1) is 23.9. The number of aryl methyl sites for hydroxylation is 1. The van der Waals surface area contributed by atoms with Gasteiger partial charge in [0.15, 0.2) is 0 Å². The Morgan fingerprint density at radius 1 is 1.07 bits per heavy atom. The summed E-state index contributed by atoms with van der Waals surface area (Å²) in [4.78, 5) is 29.2. The van der Waals surface area contributed by atoms with Crippen LogP contribution in [0, 0.1) is 18.7 Å². The van der Waals surface area contributed by atoms with Crippen LogP contribution >= 0.6 is 0 Å². The molecule has 1 heterocycles. The molecule has 1 saturated heterocycles. The molecule has 1 aliphatic heterocycles. The first-order valence-electron chi connectivity index (χ1n) is 15.2. The van der Waals surface area contributed by atoms with E-state index in [4.69, 9.17) is 4.11 Å². The molecule has 4 N–H and O–H groups in total. The normalized spacial score (nSPS) is 20.9. The highest BCUT2D eigenvalue weighted by Gasteiger charge is 2.40. The summed E-state index contributed by atoms with van der Waals surface area (Å²) >= 11 is 0. The summed E-state index contributed by atoms with van der Waals surface area (Å²) in [5.74, 6) is -2.94. The third-order valence-corrected chi connectivity index (χ3v) is 7.94. The molecule has 2 atom stereocenters. The van der Waals surface area contributed by atoms with Crippen molar-refractivity contribution < 1.29 is 28.3 Å². The number of carbonyl (C=O) groups excluding carboxylic acids is 2. The lowest BCUT2D eigenvalue weighted by Gasteiger charge is -2.41. The number of phenols is 1. The van der Waals surface area contributed by atoms with Gasteiger partial charge < -0.3 is 25.7 Å². The highest BCUT2D eigenvalue weighted by atomic mass is 19.1. The van der Waals surface area contributed by atoms with Crippen molar-refractivity contribution in [1.82, 2.24) is 4.90 Å². The molecule has 1 aliphatic carbocycles. The fourth-order valence-electron chi connectivity index (χ4n) is 5.90. The van der Waals surface area contributed by atoms with E-state index in [0.717, 1.165) is 31.7 Å². The molecule has 7 nitrogen and oxygen atoms in total. The third-order valence-electron chi connectivity index (χ3n) is 7.94. The number of nitrogens with one attached hydrogen (secondary N) is 2. The van der Waals surface area contributed by atoms with Crippen molar-refractivity contribution in [3.63, 3.8) is 0 Å². The number of aliphatic hydroxyl groups is 1. The second kappa shape index (κ2) is 12.1. The van der Waals surface area contributed by atoms with Crippen molar-refractivity contribution in [3.05, 3.63) is 88.7 Å². The zero-order valence-corrected chi connectivity index (χ0v) is 22.4. The maximum Gasteiger partial charge on any atom is 0.257 e. The minimum absolute atomic E-state index is 0.0574. The first-order valence-corrected chi connectivity index (χ1v) is 13.7. The van der Waals surface area contributed by atoms with Gasteiger partial charge in [0.2, 0.25) is 5.91 Å². The Bertz CT molecular complexity index is 1500. The largest absolute Gasteiger partial charge is 0.508 e. The maximum absolute atomic E-state index is 15.0. The molecule has 0 radical (unpaired) electrons. The van der Waals surface area contributed by atoms with Crippen molar-refractivity contribution in [2.75, 3.05) is 17.2 Å². The second-order valence-electron chi connectivity index (χ2n) is 10.6. The average Bonchev–Trinajstić information content (AvgIpc) is 3.46. The predicted octanol–water partition coefficient (Wildman–Crippen LogP) is 5.92. The highest BCUT2D eigenvalue weighted by Crippen LogP contribution is 2.39. The van der Waals surface area contributed by atoms with Gasteiger partial charge in [0.1, 0.15) is 11.6 Å². The Labute approximate surface area is 238 Å². The molecule has 0 bridgehead atoms. The quantitative estimate of drug-likeness (QED) is 0.294. The summed E-state index contributed by atoms with van der Waals surface area (Å²) < 4.78 is 38.6. The van der Waals surface area contributed by atoms with Gasteiger partial charge >= 0.3 is 0 Å². The van der Waals surface area contributed by atoms with Crippen LogP contribution in [0.4, 0.5) is 15.8 Å². The van der Waals surface area contributed by atoms with Gasteiger partial charge in [-0.25, -0.2) is 4.39 Å². The number of carbonyl (C=O) groups is 2. The number of amides is 2. The molecule has 0 spiro atoms. The number of piperidine rings is 1. The van der Waals surface area contributed by atoms with Gasteiger partial charge in [-0.05, 0) is 68.0 Å². The van der Waals surface area contributed by atoms with Crippen LogP contribution in [-0.2, 0) is 11.4 Å². The predicted molar refractivity (Wildman–Crippen MR) is 153 cm³/mol. The number of hydrogen-bond donors (Lipinski definition) is 4. The molecule has 2 aliphatic rings. The smallest absolute Gasteiger partial charge is 0.257 e. The van der Waals surface area contributed by atoms with Crippen LogP contribution < -0.4 is 10.6 Å². The Morgan fingerprint density at radius 2 is 1.85 bits per heavy atom. The van der Waals surface area contributed by atoms with E-state index in [-0.39, 0.29) is 29.4 Å². The van der Waals surface area contributed by atoms with Crippen molar-refractivity contribution >= 4 is 23.2 Å². The summed E-state index contributed by atoms with van der Waals surface area (Å²) in [6.07, 6.45) is 5.25. The number of nitrogens with zero attached hydrogens (tertiary/aromatic N) is 1. The molecule has 3 aromatic carbocycles. The second-order valence-corrected chi connectivity index (χ2v) is 10.6. The number of rotatable bonds is 7. The van der Waals surface area contributed by atoms with Crippen LogP contribution in [0.5, 0.6) is 5.75 Å². The van der Waals surface area contributed by atoms with Crippen molar-refractivity contribution in [3.8, 4) is 5.75 Å². The number of benzene rings is 3. The molecule has 2 fully saturated rings. The Balaban J connectivity index is 1.49. The molecule has 40 heavy (non-hydrogen) atoms. The topological polar surface area (TPSA) is 102 Å². The number of hydrogen-bond acceptors (Lipinski definition) is 5. The highest BCUT2D eigenvalue weighted by molar-refractivity contribution is 5.98. The zero-order chi connectivity index (χ0) is 30.9. The van der Waals surface area contributed by atoms with E-state index in [2.05, 4.69) is 10.6 Å². The molecular formula is C32H36FN3O4. The molecule has 8 heteroatoms. The lowest BCUT2D eigenvalue weighted by molar-refractivity contribution is -0.123. The molecule has 0 unspecified atom stereocenters. The van der Waals surface area contributed by atoms with Gasteiger partial charge in [-0.2, -0.15) is 0 Å². The fraction of sp³-hybridized carbons (Fsp3) is 0.375. The van der Waals surface area contributed by atoms with E-state index >= 15 is 0 Å². The van der Waals surface area contributed by atoms with Crippen LogP contribution in [-0.4, -0.2) is 39.5 Å². The van der Waals surface area contributed by atoms with Crippen LogP contribution in [0.25, 0.3) is 0 Å². The van der Waals surface area contributed by atoms with E-state index in [0.29, 0.717) is 35.7 Å². The van der Waals surface area contributed by atoms with Gasteiger partial charge in [-0.3, -0.25) is 9.59 Å². The van der Waals surface area contributed by atoms with Crippen LogP contribution in [0.15, 0.2) is 60.6 Å². The van der Waals surface area contributed by atoms with E-state index in [9.17, 15) is 24.2 Å². The zero-order valence-electron chi connectivity index (χ0n) is 25.4. The average molecular weight is 549 g/mol. The number of halogens is 1. The van der Waals surface area contributed by atoms with Crippen LogP contribution in [0.2, 0.25) is 0 Å². The molecular weight excluding hydrogens is 509 g/mol. The molecule has 3 aromatic rings. The molecule has 5 rings (SSSR count). The van der Waals surface area contributed by atoms with Gasteiger partial charge in [0.05, 0.1) is 28.2 Å². The standard InChI is InChI=1S/C32H36FN3O4/c1-20-6-4-10-27(33)29(20)32(40)36-17-5-9-26(31(39)35-25-16-13-22(19-37)28(38)18-25)30(36)21-11-14-24(15-12-21)34-23-7-2-3-8-23/h4,6,10-16,18,23,26,30,34,37-38H,2-3,5,7-9,17,19H2,1H3,(H,35,39)/t26-,30-/m0/s1/i14D,19D2. The number of aromatic hydroxyl groups is 1. The summed E-state index contributed by atoms with van der Waals surface area (Å²) in [7, 11) is 0. The van der Waals surface area contributed by atoms with Gasteiger partial charge in [-0.1, -0.05) is 43.2 Å². The summed E-state index contributed by atoms with van der Waals surface area (Å²) in [6.45, 7) is -0.813. The van der Waals surface area contributed by atoms with Crippen LogP contribution in [0.1, 0.15) is 75.7 Å². The van der Waals surface area contributed by atoms with Gasteiger partial charge in [0.25, 0.3) is 5.91 Å². The minimum Gasteiger partial charge on any atom is -0.508 e. The maximum atomic E-state index is 15.0. The summed E-state index contributed by atoms with van der Waals surface area (Å²) in [5.41, 5.74) is 1.52. The van der Waals surface area contributed by atoms with Crippen molar-refractivity contribution in [1.29, 1.82) is 0 Å². The lowest BCUT2D eigenvalue weighted by atomic mass is 9.83. The van der Waals surface area contributed by atoms with Gasteiger partial charge in [-0.15, -0.1) is 0 Å². The molecule has 210 valence electrons. The molecule has 2 amide bonds. The Kier molecular flexibility index (Phi) is 7.23. The van der Waals surface area contributed by atoms with E-state index in [1.54, 1.807) is 25.1 Å². The van der Waals surface area contributed by atoms with E-state index < -0.39 is 41.9 Å². The van der Waals surface area contributed by atoms with Gasteiger partial charge in [0, 0.05) is 35.6 Å². The summed E-state index contributed by atoms with van der Waals surface area (Å²) in [5, 5.41) is 26.1. The minimum atomic E-state index is -2.76. The SMILES string of the molecule is [2H]c1cc([C@H]2[C@@H](C(=O)Nc3ccc(C([2H])([2H])O)c(O)c3)CCCN2C(=O)c2c(C)cccc2F)ccc1NC1CCCC1. The Hall–Kier alpha value is -3.91. The Morgan fingerprint density at radius 3 is 2.55 bits per heavy atom. The lowest BCUT2D eigenvalue weighted by Crippen LogP contribution is -2.46. The van der Waals surface area contributed by atoms with E-state index in [1.165, 1.54) is 29.2 Å². The van der Waals surface area contributed by atoms with Crippen molar-refractivity contribution in [2.45, 2.75) is 64.1 Å². The number of anilines is 2. The summed E-state index contributed by atoms with van der Waals surface area (Å²) in [6, 6.07) is 13.1. The third kappa shape index (κ3) is 5.82. The number of likely N-dealkylation sites (tertiary alicyclic amines) is 1. The first-order chi connectivity index (χ1) is 20.4. The van der Waals surface area contributed by atoms with Crippen molar-refractivity contribution in [2.24, 2.45) is 5.92 Å². The monoisotopic (exact) mass is 548 g/mol. The van der Waals surface area contributed by atoms with Crippen LogP contribution in [0.3, 0.4) is 0 Å².